The van der Waals surface area contributed by atoms with E-state index in [0.29, 0.717) is 42.4 Å². The third-order valence-corrected chi connectivity index (χ3v) is 5.03. The molecule has 3 aromatic rings. The van der Waals surface area contributed by atoms with E-state index in [2.05, 4.69) is 19.9 Å². The molecule has 1 aliphatic rings. The van der Waals surface area contributed by atoms with Gasteiger partial charge in [-0.25, -0.2) is 4.98 Å². The maximum absolute atomic E-state index is 12.7. The maximum Gasteiger partial charge on any atom is 0.255 e. The van der Waals surface area contributed by atoms with Crippen molar-refractivity contribution in [2.75, 3.05) is 20.8 Å². The van der Waals surface area contributed by atoms with E-state index in [-0.39, 0.29) is 11.3 Å². The number of fused-ring (bicyclic) bond motifs is 1. The number of hydrogen-bond donors (Lipinski definition) is 2. The summed E-state index contributed by atoms with van der Waals surface area (Å²) in [5.41, 5.74) is 3.10. The molecule has 2 N–H and O–H groups in total. The van der Waals surface area contributed by atoms with E-state index in [1.165, 1.54) is 14.2 Å². The average molecular weight is 394 g/mol. The Kier molecular flexibility index (Phi) is 5.18. The SMILES string of the molecule is COc1cc(CN2CCc3nc(-c4cccnc4)[nH]c(=O)c3C2)cc(OC)c1O. The highest BCUT2D eigenvalue weighted by molar-refractivity contribution is 5.54. The summed E-state index contributed by atoms with van der Waals surface area (Å²) in [6, 6.07) is 7.25. The van der Waals surface area contributed by atoms with Gasteiger partial charge in [0.25, 0.3) is 5.56 Å². The minimum Gasteiger partial charge on any atom is -0.502 e. The van der Waals surface area contributed by atoms with Crippen LogP contribution in [0.25, 0.3) is 11.4 Å². The highest BCUT2D eigenvalue weighted by Crippen LogP contribution is 2.37. The molecule has 29 heavy (non-hydrogen) atoms. The molecule has 0 saturated carbocycles. The molecule has 0 bridgehead atoms. The molecule has 0 atom stereocenters. The van der Waals surface area contributed by atoms with Gasteiger partial charge in [0.15, 0.2) is 11.5 Å². The monoisotopic (exact) mass is 394 g/mol. The Labute approximate surface area is 167 Å². The van der Waals surface area contributed by atoms with Crippen LogP contribution in [0.5, 0.6) is 17.2 Å². The van der Waals surface area contributed by atoms with E-state index < -0.39 is 0 Å². The molecule has 1 aromatic carbocycles. The van der Waals surface area contributed by atoms with Crippen LogP contribution in [0.3, 0.4) is 0 Å². The fourth-order valence-corrected chi connectivity index (χ4v) is 3.55. The molecule has 0 spiro atoms. The fourth-order valence-electron chi connectivity index (χ4n) is 3.55. The lowest BCUT2D eigenvalue weighted by Crippen LogP contribution is -2.35. The first-order valence-electron chi connectivity index (χ1n) is 9.27. The number of ether oxygens (including phenoxy) is 2. The van der Waals surface area contributed by atoms with Crippen molar-refractivity contribution in [1.82, 2.24) is 19.9 Å². The number of nitrogens with one attached hydrogen (secondary N) is 1. The molecule has 0 amide bonds. The van der Waals surface area contributed by atoms with Gasteiger partial charge in [-0.3, -0.25) is 14.7 Å². The molecule has 0 saturated heterocycles. The zero-order chi connectivity index (χ0) is 20.4. The minimum absolute atomic E-state index is 0.0219. The number of pyridine rings is 1. The van der Waals surface area contributed by atoms with Gasteiger partial charge in [-0.15, -0.1) is 0 Å². The Bertz CT molecular complexity index is 1060. The molecular weight excluding hydrogens is 372 g/mol. The van der Waals surface area contributed by atoms with Crippen molar-refractivity contribution < 1.29 is 14.6 Å². The summed E-state index contributed by atoms with van der Waals surface area (Å²) < 4.78 is 10.5. The summed E-state index contributed by atoms with van der Waals surface area (Å²) in [5.74, 6) is 1.24. The molecule has 0 fully saturated rings. The number of aromatic hydroxyl groups is 1. The van der Waals surface area contributed by atoms with E-state index in [4.69, 9.17) is 9.47 Å². The Morgan fingerprint density at radius 3 is 2.66 bits per heavy atom. The Balaban J connectivity index is 1.58. The summed E-state index contributed by atoms with van der Waals surface area (Å²) >= 11 is 0. The van der Waals surface area contributed by atoms with Crippen LogP contribution in [0.4, 0.5) is 0 Å². The van der Waals surface area contributed by atoms with Gasteiger partial charge in [-0.05, 0) is 29.8 Å². The Morgan fingerprint density at radius 1 is 1.24 bits per heavy atom. The number of H-pyrrole nitrogens is 1. The fraction of sp³-hybridized carbons (Fsp3) is 0.286. The zero-order valence-corrected chi connectivity index (χ0v) is 16.3. The van der Waals surface area contributed by atoms with Crippen LogP contribution < -0.4 is 15.0 Å². The summed E-state index contributed by atoms with van der Waals surface area (Å²) in [6.07, 6.45) is 4.05. The molecule has 0 unspecified atom stereocenters. The molecule has 2 aromatic heterocycles. The van der Waals surface area contributed by atoms with Gasteiger partial charge in [-0.1, -0.05) is 0 Å². The highest BCUT2D eigenvalue weighted by Gasteiger charge is 2.22. The summed E-state index contributed by atoms with van der Waals surface area (Å²) in [7, 11) is 3.00. The second-order valence-corrected chi connectivity index (χ2v) is 6.89. The molecule has 8 heteroatoms. The quantitative estimate of drug-likeness (QED) is 0.684. The van der Waals surface area contributed by atoms with Gasteiger partial charge < -0.3 is 19.6 Å². The van der Waals surface area contributed by atoms with Crippen molar-refractivity contribution >= 4 is 0 Å². The highest BCUT2D eigenvalue weighted by atomic mass is 16.5. The van der Waals surface area contributed by atoms with Crippen LogP contribution in [-0.4, -0.2) is 45.7 Å². The number of phenolic OH excluding ortho intramolecular Hbond substituents is 1. The molecule has 4 rings (SSSR count). The number of benzene rings is 1. The number of methoxy groups -OCH3 is 2. The van der Waals surface area contributed by atoms with Crippen molar-refractivity contribution in [3.05, 3.63) is 63.8 Å². The normalized spacial score (nSPS) is 13.7. The van der Waals surface area contributed by atoms with Crippen molar-refractivity contribution in [2.45, 2.75) is 19.5 Å². The molecule has 3 heterocycles. The van der Waals surface area contributed by atoms with Gasteiger partial charge in [0.05, 0.1) is 25.5 Å². The van der Waals surface area contributed by atoms with E-state index in [1.54, 1.807) is 24.5 Å². The predicted octanol–water partition coefficient (Wildman–Crippen LogP) is 2.11. The first-order chi connectivity index (χ1) is 14.1. The lowest BCUT2D eigenvalue weighted by atomic mass is 10.1. The van der Waals surface area contributed by atoms with Crippen molar-refractivity contribution in [3.8, 4) is 28.6 Å². The summed E-state index contributed by atoms with van der Waals surface area (Å²) in [5, 5.41) is 10.1. The van der Waals surface area contributed by atoms with Crippen molar-refractivity contribution in [2.24, 2.45) is 0 Å². The molecule has 1 aliphatic heterocycles. The smallest absolute Gasteiger partial charge is 0.255 e. The lowest BCUT2D eigenvalue weighted by molar-refractivity contribution is 0.240. The zero-order valence-electron chi connectivity index (χ0n) is 16.3. The third kappa shape index (κ3) is 3.79. The second-order valence-electron chi connectivity index (χ2n) is 6.89. The first-order valence-corrected chi connectivity index (χ1v) is 9.27. The largest absolute Gasteiger partial charge is 0.502 e. The van der Waals surface area contributed by atoms with Gasteiger partial charge in [0.2, 0.25) is 5.75 Å². The van der Waals surface area contributed by atoms with E-state index in [9.17, 15) is 9.90 Å². The molecule has 0 aliphatic carbocycles. The molecule has 0 radical (unpaired) electrons. The molecule has 150 valence electrons. The van der Waals surface area contributed by atoms with Crippen LogP contribution in [0.1, 0.15) is 16.8 Å². The predicted molar refractivity (Wildman–Crippen MR) is 107 cm³/mol. The van der Waals surface area contributed by atoms with E-state index in [0.717, 1.165) is 23.4 Å². The number of aromatic nitrogens is 3. The van der Waals surface area contributed by atoms with Crippen LogP contribution >= 0.6 is 0 Å². The van der Waals surface area contributed by atoms with Crippen molar-refractivity contribution in [1.29, 1.82) is 0 Å². The van der Waals surface area contributed by atoms with Gasteiger partial charge in [0, 0.05) is 44.0 Å². The number of aromatic amines is 1. The topological polar surface area (TPSA) is 101 Å². The van der Waals surface area contributed by atoms with Gasteiger partial charge in [-0.2, -0.15) is 0 Å². The Hall–Kier alpha value is -3.39. The van der Waals surface area contributed by atoms with Crippen LogP contribution in [0.2, 0.25) is 0 Å². The van der Waals surface area contributed by atoms with Crippen LogP contribution in [0.15, 0.2) is 41.5 Å². The van der Waals surface area contributed by atoms with Crippen molar-refractivity contribution in [3.63, 3.8) is 0 Å². The van der Waals surface area contributed by atoms with E-state index in [1.807, 2.05) is 12.1 Å². The molecule has 8 nitrogen and oxygen atoms in total. The first kappa shape index (κ1) is 18.9. The number of phenols is 1. The molecular formula is C21H22N4O4. The summed E-state index contributed by atoms with van der Waals surface area (Å²) in [6.45, 7) is 1.86. The van der Waals surface area contributed by atoms with Crippen LogP contribution in [-0.2, 0) is 19.5 Å². The standard InChI is InChI=1S/C21H22N4O4/c1-28-17-8-13(9-18(29-2)19(17)26)11-25-7-5-16-15(12-25)21(27)24-20(23-16)14-4-3-6-22-10-14/h3-4,6,8-10,26H,5,7,11-12H2,1-2H3,(H,23,24,27). The van der Waals surface area contributed by atoms with E-state index >= 15 is 0 Å². The number of rotatable bonds is 5. The number of hydrogen-bond acceptors (Lipinski definition) is 7. The second kappa shape index (κ2) is 7.92. The average Bonchev–Trinajstić information content (AvgIpc) is 2.75. The number of nitrogens with zero attached hydrogens (tertiary/aromatic N) is 3. The Morgan fingerprint density at radius 2 is 2.00 bits per heavy atom. The summed E-state index contributed by atoms with van der Waals surface area (Å²) in [4.78, 5) is 26.5. The maximum atomic E-state index is 12.7. The van der Waals surface area contributed by atoms with Gasteiger partial charge >= 0.3 is 0 Å². The van der Waals surface area contributed by atoms with Crippen LogP contribution in [0, 0.1) is 0 Å². The lowest BCUT2D eigenvalue weighted by Gasteiger charge is -2.28. The minimum atomic E-state index is -0.126. The van der Waals surface area contributed by atoms with Gasteiger partial charge in [0.1, 0.15) is 5.82 Å². The third-order valence-electron chi connectivity index (χ3n) is 5.03.